The van der Waals surface area contributed by atoms with Gasteiger partial charge in [0.1, 0.15) is 11.6 Å². The Balaban J connectivity index is 0.000000126. The van der Waals surface area contributed by atoms with Crippen LogP contribution >= 0.6 is 0 Å². The minimum Gasteiger partial charge on any atom is -0.249 e. The van der Waals surface area contributed by atoms with Gasteiger partial charge in [0.25, 0.3) is 0 Å². The van der Waals surface area contributed by atoms with Gasteiger partial charge < -0.3 is 0 Å². The van der Waals surface area contributed by atoms with E-state index in [4.69, 9.17) is 50.3 Å². The van der Waals surface area contributed by atoms with Gasteiger partial charge in [0.05, 0.1) is 95.2 Å². The van der Waals surface area contributed by atoms with Crippen LogP contribution in [0.15, 0.2) is 255 Å². The van der Waals surface area contributed by atoms with Gasteiger partial charge in [0.2, 0.25) is 0 Å². The van der Waals surface area contributed by atoms with Crippen LogP contribution in [-0.4, -0.2) is 49.8 Å². The number of aromatic nitrogens is 10. The highest BCUT2D eigenvalue weighted by Crippen LogP contribution is 2.36. The van der Waals surface area contributed by atoms with Crippen LogP contribution in [0.1, 0.15) is 161 Å². The third-order valence-electron chi connectivity index (χ3n) is 18.0. The lowest BCUT2D eigenvalue weighted by Crippen LogP contribution is -2.01. The number of hydrogen-bond donors (Lipinski definition) is 0. The maximum Gasteiger partial charge on any atom is 0.132 e. The van der Waals surface area contributed by atoms with Crippen molar-refractivity contribution >= 4 is 65.7 Å². The summed E-state index contributed by atoms with van der Waals surface area (Å²) < 4.78 is 32.0. The minimum atomic E-state index is -0.0967. The van der Waals surface area contributed by atoms with Crippen LogP contribution in [0.2, 0.25) is 0 Å². The van der Waals surface area contributed by atoms with Gasteiger partial charge in [-0.3, -0.25) is 0 Å². The summed E-state index contributed by atoms with van der Waals surface area (Å²) in [5, 5.41) is 4.65. The lowest BCUT2D eigenvalue weighted by molar-refractivity contribution is 0.784. The van der Waals surface area contributed by atoms with Crippen molar-refractivity contribution in [2.45, 2.75) is 133 Å². The quantitative estimate of drug-likeness (QED) is 0.122. The van der Waals surface area contributed by atoms with Crippen LogP contribution in [0.4, 0.5) is 0 Å². The Kier molecular flexibility index (Phi) is 21.0. The third-order valence-corrected chi connectivity index (χ3v) is 18.0. The minimum absolute atomic E-state index is 0.0319. The standard InChI is InChI=1S/C22H20N2.4C18H18N2/c1-14(2)20-21(16-7-5-4-6-8-16)23-19-12-10-17-13-15(3)9-11-18(17)22(19)24-20;1-12(2)18-19-16-13(3)8-7-11-15(16)17(20-18)14-9-5-4-6-10-14;1-12(2)16-18(14-9-5-4-6-10-14)19-15-11-7-8-13(3)17(15)20-16;1-12(2)18-19-16-10-9-13(3)11-15(16)17(20-18)14-7-5-4-6-8-14;1-12(2)17-18(14-7-5-4-6-8-14)19-15-10-9-13(3)11-16(15)20-17/h4-14H,1-3H3;4*4-12H,1-3H3/i;;7D,8D,11D;;9D. The van der Waals surface area contributed by atoms with Crippen molar-refractivity contribution in [3.05, 3.63) is 311 Å². The van der Waals surface area contributed by atoms with Crippen molar-refractivity contribution in [1.29, 1.82) is 0 Å². The lowest BCUT2D eigenvalue weighted by Gasteiger charge is -2.14. The Bertz CT molecular complexity index is 5850. The zero-order valence-corrected chi connectivity index (χ0v) is 62.3. The average molecular weight is 1370 g/mol. The summed E-state index contributed by atoms with van der Waals surface area (Å²) in [4.78, 5) is 48.1. The number of aryl methyl sites for hydroxylation is 5. The highest BCUT2D eigenvalue weighted by atomic mass is 14.9. The van der Waals surface area contributed by atoms with Crippen LogP contribution in [-0.2, 0) is 0 Å². The molecule has 0 saturated heterocycles. The Labute approximate surface area is 618 Å². The summed E-state index contributed by atoms with van der Waals surface area (Å²) in [6.07, 6.45) is 0. The van der Waals surface area contributed by atoms with Crippen molar-refractivity contribution < 1.29 is 5.48 Å². The highest BCUT2D eigenvalue weighted by Gasteiger charge is 2.20. The molecule has 0 aliphatic carbocycles. The zero-order valence-electron chi connectivity index (χ0n) is 66.3. The molecule has 11 aromatic carbocycles. The molecule has 10 heteroatoms. The number of nitrogens with zero attached hydrogens (tertiary/aromatic N) is 10. The highest BCUT2D eigenvalue weighted by molar-refractivity contribution is 6.05. The first-order chi connectivity index (χ1) is 51.9. The van der Waals surface area contributed by atoms with Gasteiger partial charge in [-0.25, -0.2) is 49.8 Å². The molecule has 0 saturated carbocycles. The molecule has 104 heavy (non-hydrogen) atoms. The predicted molar refractivity (Wildman–Crippen MR) is 437 cm³/mol. The molecule has 5 heterocycles. The first-order valence-electron chi connectivity index (χ1n) is 38.0. The van der Waals surface area contributed by atoms with Crippen molar-refractivity contribution in [3.8, 4) is 56.3 Å². The fraction of sp³-hybridized carbons (Fsp3) is 0.213. The molecule has 0 radical (unpaired) electrons. The Hall–Kier alpha value is -11.6. The van der Waals surface area contributed by atoms with Gasteiger partial charge in [-0.05, 0) is 111 Å². The first-order valence-corrected chi connectivity index (χ1v) is 36.0. The summed E-state index contributed by atoms with van der Waals surface area (Å²) in [7, 11) is 0. The molecule has 5 aromatic heterocycles. The number of para-hydroxylation sites is 2. The fourth-order valence-corrected chi connectivity index (χ4v) is 12.5. The fourth-order valence-electron chi connectivity index (χ4n) is 12.5. The second-order valence-electron chi connectivity index (χ2n) is 28.1. The van der Waals surface area contributed by atoms with Crippen LogP contribution in [0.5, 0.6) is 0 Å². The van der Waals surface area contributed by atoms with Gasteiger partial charge in [-0.15, -0.1) is 0 Å². The van der Waals surface area contributed by atoms with E-state index >= 15 is 0 Å². The molecular weight excluding hydrogens is 1270 g/mol. The van der Waals surface area contributed by atoms with E-state index in [1.807, 2.05) is 104 Å². The van der Waals surface area contributed by atoms with E-state index in [1.54, 1.807) is 13.0 Å². The van der Waals surface area contributed by atoms with Gasteiger partial charge >= 0.3 is 0 Å². The SMILES string of the molecule is Cc1ccc2c(ccc3nc(-c4ccccc4)c(C(C)C)nc32)c1.Cc1ccc2nc(C(C)C)nc(-c3ccccc3)c2c1.Cc1cccc2c(-c3ccccc3)nc(C(C)C)nc12.[2H]c1c([2H])c(C)c2nc(C(C)C)c(-c3ccccc3)nc2c1[2H].[2H]c1cc2nc(-c3ccccc3)c(C(C)C)nc2cc1C. The molecule has 0 bridgehead atoms. The molecule has 0 aliphatic heterocycles. The number of fused-ring (bicyclic) bond motifs is 7. The van der Waals surface area contributed by atoms with E-state index < -0.39 is 0 Å². The predicted octanol–water partition coefficient (Wildman–Crippen LogP) is 24.8. The topological polar surface area (TPSA) is 129 Å². The average Bonchev–Trinajstić information content (AvgIpc) is 0.772. The molecular formula is C94H92N10. The Morgan fingerprint density at radius 3 is 1.23 bits per heavy atom. The first kappa shape index (κ1) is 66.9. The van der Waals surface area contributed by atoms with E-state index in [9.17, 15) is 0 Å². The molecule has 0 atom stereocenters. The van der Waals surface area contributed by atoms with Gasteiger partial charge in [0, 0.05) is 55.8 Å². The van der Waals surface area contributed by atoms with Gasteiger partial charge in [-0.1, -0.05) is 299 Å². The summed E-state index contributed by atoms with van der Waals surface area (Å²) in [6.45, 7) is 31.3. The molecule has 0 aliphatic rings. The second kappa shape index (κ2) is 32.6. The summed E-state index contributed by atoms with van der Waals surface area (Å²) in [6, 6.07) is 78.5. The van der Waals surface area contributed by atoms with E-state index in [2.05, 4.69) is 222 Å². The molecule has 0 amide bonds. The largest absolute Gasteiger partial charge is 0.249 e. The maximum atomic E-state index is 8.15. The Morgan fingerprint density at radius 2 is 0.702 bits per heavy atom. The van der Waals surface area contributed by atoms with E-state index in [0.29, 0.717) is 46.3 Å². The van der Waals surface area contributed by atoms with Crippen LogP contribution in [0.25, 0.3) is 122 Å². The molecule has 518 valence electrons. The number of benzene rings is 11. The number of rotatable bonds is 10. The van der Waals surface area contributed by atoms with Crippen molar-refractivity contribution in [3.63, 3.8) is 0 Å². The van der Waals surface area contributed by atoms with Crippen LogP contribution < -0.4 is 0 Å². The second-order valence-corrected chi connectivity index (χ2v) is 28.1. The third kappa shape index (κ3) is 16.6. The van der Waals surface area contributed by atoms with Gasteiger partial charge in [-0.2, -0.15) is 0 Å². The number of hydrogen-bond acceptors (Lipinski definition) is 10. The molecule has 0 unspecified atom stereocenters. The molecule has 0 N–H and O–H groups in total. The van der Waals surface area contributed by atoms with Crippen LogP contribution in [0.3, 0.4) is 0 Å². The zero-order chi connectivity index (χ0) is 76.6. The van der Waals surface area contributed by atoms with Gasteiger partial charge in [0.15, 0.2) is 0 Å². The molecule has 16 aromatic rings. The molecule has 0 spiro atoms. The summed E-state index contributed by atoms with van der Waals surface area (Å²) in [5.41, 5.74) is 24.9. The molecule has 10 nitrogen and oxygen atoms in total. The monoisotopic (exact) mass is 1360 g/mol. The van der Waals surface area contributed by atoms with Crippen LogP contribution in [0, 0.1) is 34.6 Å². The molecule has 0 fully saturated rings. The van der Waals surface area contributed by atoms with E-state index in [0.717, 1.165) is 134 Å². The van der Waals surface area contributed by atoms with E-state index in [-0.39, 0.29) is 24.0 Å². The molecule has 16 rings (SSSR count). The summed E-state index contributed by atoms with van der Waals surface area (Å²) in [5.74, 6) is 3.24. The Morgan fingerprint density at radius 1 is 0.250 bits per heavy atom. The van der Waals surface area contributed by atoms with Crippen molar-refractivity contribution in [2.75, 3.05) is 0 Å². The summed E-state index contributed by atoms with van der Waals surface area (Å²) >= 11 is 0. The maximum absolute atomic E-state index is 8.15. The lowest BCUT2D eigenvalue weighted by atomic mass is 10.0. The normalized spacial score (nSPS) is 11.8. The van der Waals surface area contributed by atoms with Crippen molar-refractivity contribution in [2.24, 2.45) is 0 Å². The smallest absolute Gasteiger partial charge is 0.132 e. The van der Waals surface area contributed by atoms with E-state index in [1.165, 1.54) is 27.5 Å². The van der Waals surface area contributed by atoms with Crippen molar-refractivity contribution in [1.82, 2.24) is 49.8 Å².